The second kappa shape index (κ2) is 7.06. The lowest BCUT2D eigenvalue weighted by Gasteiger charge is -2.05. The van der Waals surface area contributed by atoms with Crippen LogP contribution in [-0.4, -0.2) is 28.9 Å². The van der Waals surface area contributed by atoms with Crippen molar-refractivity contribution in [2.75, 3.05) is 13.2 Å². The first-order valence-electron chi connectivity index (χ1n) is 6.03. The van der Waals surface area contributed by atoms with Gasteiger partial charge in [-0.1, -0.05) is 0 Å². The highest BCUT2D eigenvalue weighted by Gasteiger charge is 2.03. The molecule has 5 nitrogen and oxygen atoms in total. The van der Waals surface area contributed by atoms with Gasteiger partial charge in [0.15, 0.2) is 0 Å². The van der Waals surface area contributed by atoms with E-state index < -0.39 is 0 Å². The number of ether oxygens (including phenoxy) is 1. The van der Waals surface area contributed by atoms with E-state index in [0.717, 1.165) is 5.69 Å². The maximum Gasteiger partial charge on any atom is 0.307 e. The van der Waals surface area contributed by atoms with Crippen molar-refractivity contribution in [1.82, 2.24) is 15.1 Å². The molecule has 0 saturated heterocycles. The molecule has 1 aromatic rings. The first-order chi connectivity index (χ1) is 8.13. The molecule has 0 aliphatic rings. The second-order valence-corrected chi connectivity index (χ2v) is 4.11. The molecule has 0 spiro atoms. The van der Waals surface area contributed by atoms with Crippen LogP contribution in [0.15, 0.2) is 12.3 Å². The Hall–Kier alpha value is -1.36. The molecule has 0 bridgehead atoms. The molecule has 1 N–H and O–H groups in total. The van der Waals surface area contributed by atoms with Gasteiger partial charge in [0.2, 0.25) is 0 Å². The van der Waals surface area contributed by atoms with Gasteiger partial charge >= 0.3 is 5.97 Å². The maximum atomic E-state index is 11.1. The Morgan fingerprint density at radius 3 is 2.94 bits per heavy atom. The molecule has 0 unspecified atom stereocenters. The SMILES string of the molecule is CCOC(=O)CCNCc1ccn(C(C)C)n1. The van der Waals surface area contributed by atoms with Crippen LogP contribution in [0.3, 0.4) is 0 Å². The van der Waals surface area contributed by atoms with Gasteiger partial charge in [-0.3, -0.25) is 9.48 Å². The van der Waals surface area contributed by atoms with Crippen molar-refractivity contribution < 1.29 is 9.53 Å². The van der Waals surface area contributed by atoms with Crippen molar-refractivity contribution in [3.8, 4) is 0 Å². The first-order valence-corrected chi connectivity index (χ1v) is 6.03. The van der Waals surface area contributed by atoms with Gasteiger partial charge in [0.05, 0.1) is 18.7 Å². The van der Waals surface area contributed by atoms with Crippen molar-refractivity contribution in [3.05, 3.63) is 18.0 Å². The number of carbonyl (C=O) groups is 1. The summed E-state index contributed by atoms with van der Waals surface area (Å²) in [5.41, 5.74) is 0.988. The number of hydrogen-bond donors (Lipinski definition) is 1. The zero-order valence-electron chi connectivity index (χ0n) is 10.8. The first kappa shape index (κ1) is 13.7. The van der Waals surface area contributed by atoms with E-state index in [4.69, 9.17) is 4.74 Å². The predicted molar refractivity (Wildman–Crippen MR) is 65.6 cm³/mol. The molecule has 1 heterocycles. The summed E-state index contributed by atoms with van der Waals surface area (Å²) in [6.45, 7) is 7.73. The van der Waals surface area contributed by atoms with E-state index in [1.165, 1.54) is 0 Å². The van der Waals surface area contributed by atoms with Gasteiger partial charge in [0, 0.05) is 25.3 Å². The molecule has 0 aromatic carbocycles. The quantitative estimate of drug-likeness (QED) is 0.579. The third kappa shape index (κ3) is 4.99. The fourth-order valence-electron chi connectivity index (χ4n) is 1.40. The van der Waals surface area contributed by atoms with Gasteiger partial charge in [-0.2, -0.15) is 5.10 Å². The van der Waals surface area contributed by atoms with Crippen LogP contribution >= 0.6 is 0 Å². The summed E-state index contributed by atoms with van der Waals surface area (Å²) in [6.07, 6.45) is 2.37. The number of esters is 1. The molecule has 17 heavy (non-hydrogen) atoms. The van der Waals surface area contributed by atoms with Crippen LogP contribution in [0.4, 0.5) is 0 Å². The summed E-state index contributed by atoms with van der Waals surface area (Å²) in [6, 6.07) is 2.36. The van der Waals surface area contributed by atoms with E-state index in [-0.39, 0.29) is 5.97 Å². The second-order valence-electron chi connectivity index (χ2n) is 4.11. The highest BCUT2D eigenvalue weighted by molar-refractivity contribution is 5.69. The van der Waals surface area contributed by atoms with E-state index in [0.29, 0.717) is 32.2 Å². The molecule has 0 aliphatic carbocycles. The molecule has 0 radical (unpaired) electrons. The molecule has 0 atom stereocenters. The number of rotatable bonds is 7. The minimum Gasteiger partial charge on any atom is -0.466 e. The van der Waals surface area contributed by atoms with Crippen molar-refractivity contribution in [2.24, 2.45) is 0 Å². The fourth-order valence-corrected chi connectivity index (χ4v) is 1.40. The van der Waals surface area contributed by atoms with Crippen molar-refractivity contribution >= 4 is 5.97 Å². The van der Waals surface area contributed by atoms with Crippen molar-refractivity contribution in [1.29, 1.82) is 0 Å². The minimum atomic E-state index is -0.160. The topological polar surface area (TPSA) is 56.1 Å². The molecule has 1 aromatic heterocycles. The summed E-state index contributed by atoms with van der Waals surface area (Å²) < 4.78 is 6.75. The highest BCUT2D eigenvalue weighted by Crippen LogP contribution is 2.03. The average molecular weight is 239 g/mol. The fraction of sp³-hybridized carbons (Fsp3) is 0.667. The Kier molecular flexibility index (Phi) is 5.69. The van der Waals surface area contributed by atoms with E-state index in [2.05, 4.69) is 24.3 Å². The Bertz CT molecular complexity index is 347. The standard InChI is InChI=1S/C12H21N3O2/c1-4-17-12(16)5-7-13-9-11-6-8-15(14-11)10(2)3/h6,8,10,13H,4-5,7,9H2,1-3H3. The van der Waals surface area contributed by atoms with E-state index in [9.17, 15) is 4.79 Å². The Labute approximate surface area is 102 Å². The number of carbonyl (C=O) groups excluding carboxylic acids is 1. The smallest absolute Gasteiger partial charge is 0.307 e. The molecular formula is C12H21N3O2. The van der Waals surface area contributed by atoms with Crippen LogP contribution in [0.2, 0.25) is 0 Å². The van der Waals surface area contributed by atoms with Crippen LogP contribution in [0.5, 0.6) is 0 Å². The van der Waals surface area contributed by atoms with Crippen LogP contribution in [-0.2, 0) is 16.1 Å². The van der Waals surface area contributed by atoms with Gasteiger partial charge < -0.3 is 10.1 Å². The molecule has 96 valence electrons. The monoisotopic (exact) mass is 239 g/mol. The molecular weight excluding hydrogens is 218 g/mol. The lowest BCUT2D eigenvalue weighted by atomic mass is 10.4. The number of hydrogen-bond acceptors (Lipinski definition) is 4. The Balaban J connectivity index is 2.19. The third-order valence-electron chi connectivity index (χ3n) is 2.31. The molecule has 5 heteroatoms. The zero-order chi connectivity index (χ0) is 12.7. The number of aromatic nitrogens is 2. The maximum absolute atomic E-state index is 11.1. The molecule has 0 saturated carbocycles. The summed E-state index contributed by atoms with van der Waals surface area (Å²) in [7, 11) is 0. The van der Waals surface area contributed by atoms with E-state index in [1.807, 2.05) is 23.9 Å². The largest absolute Gasteiger partial charge is 0.466 e. The number of nitrogens with zero attached hydrogens (tertiary/aromatic N) is 2. The van der Waals surface area contributed by atoms with Crippen LogP contribution in [0.25, 0.3) is 0 Å². The van der Waals surface area contributed by atoms with E-state index >= 15 is 0 Å². The lowest BCUT2D eigenvalue weighted by molar-refractivity contribution is -0.142. The summed E-state index contributed by atoms with van der Waals surface area (Å²) in [5, 5.41) is 7.57. The van der Waals surface area contributed by atoms with Crippen LogP contribution < -0.4 is 5.32 Å². The van der Waals surface area contributed by atoms with Crippen LogP contribution in [0, 0.1) is 0 Å². The zero-order valence-corrected chi connectivity index (χ0v) is 10.8. The predicted octanol–water partition coefficient (Wildman–Crippen LogP) is 1.51. The van der Waals surface area contributed by atoms with Gasteiger partial charge in [0.25, 0.3) is 0 Å². The molecule has 0 amide bonds. The normalized spacial score (nSPS) is 10.8. The molecule has 0 fully saturated rings. The average Bonchev–Trinajstić information content (AvgIpc) is 2.73. The minimum absolute atomic E-state index is 0.160. The third-order valence-corrected chi connectivity index (χ3v) is 2.31. The van der Waals surface area contributed by atoms with Gasteiger partial charge in [-0.05, 0) is 26.8 Å². The van der Waals surface area contributed by atoms with Crippen molar-refractivity contribution in [2.45, 2.75) is 39.8 Å². The van der Waals surface area contributed by atoms with Gasteiger partial charge in [-0.25, -0.2) is 0 Å². The highest BCUT2D eigenvalue weighted by atomic mass is 16.5. The lowest BCUT2D eigenvalue weighted by Crippen LogP contribution is -2.19. The van der Waals surface area contributed by atoms with Gasteiger partial charge in [0.1, 0.15) is 0 Å². The molecule has 0 aliphatic heterocycles. The number of nitrogens with one attached hydrogen (secondary N) is 1. The Morgan fingerprint density at radius 2 is 2.35 bits per heavy atom. The van der Waals surface area contributed by atoms with E-state index in [1.54, 1.807) is 0 Å². The van der Waals surface area contributed by atoms with Crippen molar-refractivity contribution in [3.63, 3.8) is 0 Å². The molecule has 1 rings (SSSR count). The van der Waals surface area contributed by atoms with Gasteiger partial charge in [-0.15, -0.1) is 0 Å². The summed E-state index contributed by atoms with van der Waals surface area (Å²) in [5.74, 6) is -0.160. The van der Waals surface area contributed by atoms with Crippen LogP contribution in [0.1, 0.15) is 38.9 Å². The Morgan fingerprint density at radius 1 is 1.59 bits per heavy atom. The summed E-state index contributed by atoms with van der Waals surface area (Å²) >= 11 is 0. The summed E-state index contributed by atoms with van der Waals surface area (Å²) in [4.78, 5) is 11.1.